The number of benzene rings is 1. The summed E-state index contributed by atoms with van der Waals surface area (Å²) in [6.45, 7) is 3.51. The lowest BCUT2D eigenvalue weighted by Gasteiger charge is -2.33. The summed E-state index contributed by atoms with van der Waals surface area (Å²) >= 11 is 0. The van der Waals surface area contributed by atoms with Gasteiger partial charge in [-0.3, -0.25) is 9.48 Å². The van der Waals surface area contributed by atoms with E-state index in [2.05, 4.69) is 10.1 Å². The van der Waals surface area contributed by atoms with Crippen molar-refractivity contribution in [2.24, 2.45) is 0 Å². The van der Waals surface area contributed by atoms with Gasteiger partial charge in [-0.25, -0.2) is 0 Å². The number of para-hydroxylation sites is 1. The molecule has 3 heterocycles. The Morgan fingerprint density at radius 3 is 3.00 bits per heavy atom. The van der Waals surface area contributed by atoms with Gasteiger partial charge in [-0.1, -0.05) is 18.2 Å². The highest BCUT2D eigenvalue weighted by molar-refractivity contribution is 6.08. The van der Waals surface area contributed by atoms with Crippen LogP contribution in [0.5, 0.6) is 0 Å². The molecule has 1 aliphatic rings. The molecule has 0 aliphatic carbocycles. The third kappa shape index (κ3) is 2.42. The monoisotopic (exact) mass is 308 g/mol. The maximum Gasteiger partial charge on any atom is 0.256 e. The van der Waals surface area contributed by atoms with Gasteiger partial charge in [0.25, 0.3) is 5.91 Å². The summed E-state index contributed by atoms with van der Waals surface area (Å²) in [7, 11) is 0. The Kier molecular flexibility index (Phi) is 3.41. The predicted octanol–water partition coefficient (Wildman–Crippen LogP) is 3.15. The number of hydrogen-bond acceptors (Lipinski definition) is 2. The highest BCUT2D eigenvalue weighted by atomic mass is 16.2. The van der Waals surface area contributed by atoms with Gasteiger partial charge in [0, 0.05) is 42.1 Å². The molecule has 0 spiro atoms. The van der Waals surface area contributed by atoms with E-state index in [0.29, 0.717) is 0 Å². The smallest absolute Gasteiger partial charge is 0.256 e. The molecule has 1 saturated heterocycles. The molecule has 1 fully saturated rings. The molecule has 118 valence electrons. The molecule has 23 heavy (non-hydrogen) atoms. The third-order valence-corrected chi connectivity index (χ3v) is 4.69. The second-order valence-corrected chi connectivity index (χ2v) is 6.20. The molecule has 5 nitrogen and oxygen atoms in total. The SMILES string of the molecule is Cc1[nH]c2ccccc2c1C(=O)N1CCC[C@@H](n2cccn2)C1. The Morgan fingerprint density at radius 1 is 1.30 bits per heavy atom. The van der Waals surface area contributed by atoms with E-state index in [4.69, 9.17) is 0 Å². The Bertz CT molecular complexity index is 834. The fraction of sp³-hybridized carbons (Fsp3) is 0.333. The molecule has 3 aromatic rings. The number of piperidine rings is 1. The van der Waals surface area contributed by atoms with Crippen LogP contribution >= 0.6 is 0 Å². The van der Waals surface area contributed by atoms with Crippen LogP contribution in [0.3, 0.4) is 0 Å². The lowest BCUT2D eigenvalue weighted by atomic mass is 10.0. The molecule has 0 unspecified atom stereocenters. The van der Waals surface area contributed by atoms with Crippen LogP contribution in [0.2, 0.25) is 0 Å². The zero-order valence-electron chi connectivity index (χ0n) is 13.2. The molecular weight excluding hydrogens is 288 g/mol. The van der Waals surface area contributed by atoms with E-state index < -0.39 is 0 Å². The lowest BCUT2D eigenvalue weighted by Crippen LogP contribution is -2.41. The van der Waals surface area contributed by atoms with E-state index in [-0.39, 0.29) is 11.9 Å². The number of amides is 1. The molecule has 2 aromatic heterocycles. The fourth-order valence-electron chi connectivity index (χ4n) is 3.56. The number of H-pyrrole nitrogens is 1. The number of nitrogens with zero attached hydrogens (tertiary/aromatic N) is 3. The van der Waals surface area contributed by atoms with Gasteiger partial charge in [0.15, 0.2) is 0 Å². The number of carbonyl (C=O) groups excluding carboxylic acids is 1. The van der Waals surface area contributed by atoms with Crippen molar-refractivity contribution in [3.05, 3.63) is 54.0 Å². The van der Waals surface area contributed by atoms with Gasteiger partial charge in [0.2, 0.25) is 0 Å². The molecule has 5 heteroatoms. The quantitative estimate of drug-likeness (QED) is 0.790. The van der Waals surface area contributed by atoms with Gasteiger partial charge in [0.1, 0.15) is 0 Å². The summed E-state index contributed by atoms with van der Waals surface area (Å²) in [6.07, 6.45) is 5.86. The summed E-state index contributed by atoms with van der Waals surface area (Å²) in [5.74, 6) is 0.122. The first-order valence-electron chi connectivity index (χ1n) is 8.10. The van der Waals surface area contributed by atoms with Crippen molar-refractivity contribution < 1.29 is 4.79 Å². The summed E-state index contributed by atoms with van der Waals surface area (Å²) in [5, 5.41) is 5.35. The molecule has 0 radical (unpaired) electrons. The number of fused-ring (bicyclic) bond motifs is 1. The highest BCUT2D eigenvalue weighted by Gasteiger charge is 2.28. The minimum atomic E-state index is 0.122. The molecule has 0 bridgehead atoms. The van der Waals surface area contributed by atoms with E-state index in [9.17, 15) is 4.79 Å². The van der Waals surface area contributed by atoms with Gasteiger partial charge in [0.05, 0.1) is 11.6 Å². The molecule has 1 atom stereocenters. The first-order chi connectivity index (χ1) is 11.2. The van der Waals surface area contributed by atoms with Gasteiger partial charge >= 0.3 is 0 Å². The summed E-state index contributed by atoms with van der Waals surface area (Å²) in [5.41, 5.74) is 2.77. The fourth-order valence-corrected chi connectivity index (χ4v) is 3.56. The number of likely N-dealkylation sites (tertiary alicyclic amines) is 1. The standard InChI is InChI=1S/C18H20N4O/c1-13-17(15-7-2-3-8-16(15)20-13)18(23)21-10-4-6-14(12-21)22-11-5-9-19-22/h2-3,5,7-9,11,14,20H,4,6,10,12H2,1H3/t14-/m1/s1. The van der Waals surface area contributed by atoms with Crippen LogP contribution in [0.4, 0.5) is 0 Å². The molecule has 0 saturated carbocycles. The first-order valence-corrected chi connectivity index (χ1v) is 8.10. The van der Waals surface area contributed by atoms with Crippen LogP contribution in [0, 0.1) is 6.92 Å². The van der Waals surface area contributed by atoms with Crippen LogP contribution < -0.4 is 0 Å². The number of hydrogen-bond donors (Lipinski definition) is 1. The maximum atomic E-state index is 13.1. The van der Waals surface area contributed by atoms with E-state index >= 15 is 0 Å². The van der Waals surface area contributed by atoms with Crippen molar-refractivity contribution >= 4 is 16.8 Å². The Labute approximate surface area is 134 Å². The predicted molar refractivity (Wildman–Crippen MR) is 89.4 cm³/mol. The minimum absolute atomic E-state index is 0.122. The average Bonchev–Trinajstić information content (AvgIpc) is 3.21. The lowest BCUT2D eigenvalue weighted by molar-refractivity contribution is 0.0674. The van der Waals surface area contributed by atoms with E-state index in [1.54, 1.807) is 6.20 Å². The summed E-state index contributed by atoms with van der Waals surface area (Å²) < 4.78 is 1.97. The van der Waals surface area contributed by atoms with Crippen LogP contribution in [-0.2, 0) is 0 Å². The van der Waals surface area contributed by atoms with Gasteiger partial charge in [-0.15, -0.1) is 0 Å². The van der Waals surface area contributed by atoms with Crippen molar-refractivity contribution in [2.75, 3.05) is 13.1 Å². The molecule has 4 rings (SSSR count). The van der Waals surface area contributed by atoms with Crippen LogP contribution in [0.15, 0.2) is 42.7 Å². The van der Waals surface area contributed by atoms with Gasteiger partial charge < -0.3 is 9.88 Å². The third-order valence-electron chi connectivity index (χ3n) is 4.69. The molecular formula is C18H20N4O. The Balaban J connectivity index is 1.64. The summed E-state index contributed by atoms with van der Waals surface area (Å²) in [6, 6.07) is 10.2. The Morgan fingerprint density at radius 2 is 2.17 bits per heavy atom. The van der Waals surface area contributed by atoms with E-state index in [1.807, 2.05) is 53.0 Å². The van der Waals surface area contributed by atoms with E-state index in [0.717, 1.165) is 48.1 Å². The normalized spacial score (nSPS) is 18.5. The topological polar surface area (TPSA) is 53.9 Å². The van der Waals surface area contributed by atoms with Crippen molar-refractivity contribution in [1.29, 1.82) is 0 Å². The number of nitrogens with one attached hydrogen (secondary N) is 1. The number of aryl methyl sites for hydroxylation is 1. The second kappa shape index (κ2) is 5.57. The number of rotatable bonds is 2. The van der Waals surface area contributed by atoms with Crippen molar-refractivity contribution in [1.82, 2.24) is 19.7 Å². The van der Waals surface area contributed by atoms with Crippen LogP contribution in [-0.4, -0.2) is 38.7 Å². The molecule has 1 N–H and O–H groups in total. The molecule has 1 amide bonds. The van der Waals surface area contributed by atoms with Crippen molar-refractivity contribution in [3.8, 4) is 0 Å². The maximum absolute atomic E-state index is 13.1. The zero-order valence-corrected chi connectivity index (χ0v) is 13.2. The zero-order chi connectivity index (χ0) is 15.8. The number of aromatic nitrogens is 3. The summed E-state index contributed by atoms with van der Waals surface area (Å²) in [4.78, 5) is 18.4. The average molecular weight is 308 g/mol. The Hall–Kier alpha value is -2.56. The first kappa shape index (κ1) is 14.1. The van der Waals surface area contributed by atoms with Crippen LogP contribution in [0.25, 0.3) is 10.9 Å². The van der Waals surface area contributed by atoms with Gasteiger partial charge in [-0.05, 0) is 31.9 Å². The van der Waals surface area contributed by atoms with Crippen molar-refractivity contribution in [2.45, 2.75) is 25.8 Å². The van der Waals surface area contributed by atoms with Crippen molar-refractivity contribution in [3.63, 3.8) is 0 Å². The van der Waals surface area contributed by atoms with Gasteiger partial charge in [-0.2, -0.15) is 5.10 Å². The largest absolute Gasteiger partial charge is 0.358 e. The molecule has 1 aromatic carbocycles. The number of carbonyl (C=O) groups is 1. The second-order valence-electron chi connectivity index (χ2n) is 6.20. The minimum Gasteiger partial charge on any atom is -0.358 e. The number of aromatic amines is 1. The molecule has 1 aliphatic heterocycles. The highest BCUT2D eigenvalue weighted by Crippen LogP contribution is 2.27. The van der Waals surface area contributed by atoms with E-state index in [1.165, 1.54) is 0 Å². The van der Waals surface area contributed by atoms with Crippen LogP contribution in [0.1, 0.15) is 34.9 Å².